The van der Waals surface area contributed by atoms with Crippen molar-refractivity contribution in [1.82, 2.24) is 10.2 Å². The molecule has 2 aliphatic heterocycles. The van der Waals surface area contributed by atoms with Crippen LogP contribution >= 0.6 is 11.8 Å². The summed E-state index contributed by atoms with van der Waals surface area (Å²) in [7, 11) is 0. The topological polar surface area (TPSA) is 32.3 Å². The van der Waals surface area contributed by atoms with Crippen molar-refractivity contribution in [3.63, 3.8) is 0 Å². The van der Waals surface area contributed by atoms with Crippen LogP contribution in [0.15, 0.2) is 0 Å². The number of amides is 1. The fourth-order valence-corrected chi connectivity index (χ4v) is 4.35. The molecule has 2 unspecified atom stereocenters. The average Bonchev–Trinajstić information content (AvgIpc) is 2.83. The lowest BCUT2D eigenvalue weighted by Crippen LogP contribution is -2.40. The first-order valence-corrected chi connectivity index (χ1v) is 8.07. The Kier molecular flexibility index (Phi) is 3.11. The maximum Gasteiger partial charge on any atom is 0.244 e. The zero-order valence-electron chi connectivity index (χ0n) is 10.6. The molecule has 1 aliphatic carbocycles. The van der Waals surface area contributed by atoms with Gasteiger partial charge in [-0.25, -0.2) is 0 Å². The molecular weight excluding hydrogens is 232 g/mol. The van der Waals surface area contributed by atoms with Crippen molar-refractivity contribution < 1.29 is 4.79 Å². The number of rotatable bonds is 4. The Balaban J connectivity index is 1.68. The molecule has 1 spiro atoms. The van der Waals surface area contributed by atoms with E-state index in [9.17, 15) is 4.79 Å². The van der Waals surface area contributed by atoms with Gasteiger partial charge in [0.2, 0.25) is 5.91 Å². The van der Waals surface area contributed by atoms with Gasteiger partial charge < -0.3 is 4.90 Å². The molecule has 2 atom stereocenters. The summed E-state index contributed by atoms with van der Waals surface area (Å²) >= 11 is 2.04. The molecule has 3 nitrogen and oxygen atoms in total. The Bertz CT molecular complexity index is 311. The molecule has 1 amide bonds. The van der Waals surface area contributed by atoms with Crippen LogP contribution in [0, 0.1) is 5.92 Å². The van der Waals surface area contributed by atoms with Crippen LogP contribution in [0.25, 0.3) is 0 Å². The minimum Gasteiger partial charge on any atom is -0.325 e. The Labute approximate surface area is 108 Å². The van der Waals surface area contributed by atoms with Crippen LogP contribution in [0.4, 0.5) is 0 Å². The Morgan fingerprint density at radius 2 is 2.35 bits per heavy atom. The standard InChI is InChI=1S/C13H22N2OS/c1-2-3-11-14-13(5-6-13)12(16)15(11)8-10-4-7-17-9-10/h10-11,14H,2-9H2,1H3. The molecule has 0 radical (unpaired) electrons. The number of nitrogens with one attached hydrogen (secondary N) is 1. The van der Waals surface area contributed by atoms with Crippen molar-refractivity contribution in [1.29, 1.82) is 0 Å². The lowest BCUT2D eigenvalue weighted by Gasteiger charge is -2.26. The molecule has 0 bridgehead atoms. The van der Waals surface area contributed by atoms with Crippen LogP contribution in [-0.2, 0) is 4.79 Å². The van der Waals surface area contributed by atoms with Gasteiger partial charge in [0, 0.05) is 6.54 Å². The third kappa shape index (κ3) is 2.10. The van der Waals surface area contributed by atoms with Crippen LogP contribution < -0.4 is 5.32 Å². The summed E-state index contributed by atoms with van der Waals surface area (Å²) in [5, 5.41) is 3.59. The predicted molar refractivity (Wildman–Crippen MR) is 70.9 cm³/mol. The van der Waals surface area contributed by atoms with Crippen molar-refractivity contribution in [2.75, 3.05) is 18.1 Å². The zero-order chi connectivity index (χ0) is 11.9. The van der Waals surface area contributed by atoms with Gasteiger partial charge in [-0.15, -0.1) is 0 Å². The van der Waals surface area contributed by atoms with Crippen molar-refractivity contribution >= 4 is 17.7 Å². The van der Waals surface area contributed by atoms with Crippen molar-refractivity contribution in [2.24, 2.45) is 5.92 Å². The highest BCUT2D eigenvalue weighted by Gasteiger charge is 2.58. The van der Waals surface area contributed by atoms with Crippen LogP contribution in [0.2, 0.25) is 0 Å². The first-order valence-electron chi connectivity index (χ1n) is 6.92. The quantitative estimate of drug-likeness (QED) is 0.831. The summed E-state index contributed by atoms with van der Waals surface area (Å²) in [5.74, 6) is 3.66. The van der Waals surface area contributed by atoms with E-state index in [1.165, 1.54) is 17.9 Å². The molecule has 96 valence electrons. The fraction of sp³-hybridized carbons (Fsp3) is 0.923. The molecule has 0 aromatic heterocycles. The van der Waals surface area contributed by atoms with Gasteiger partial charge in [-0.05, 0) is 43.1 Å². The molecule has 4 heteroatoms. The molecular formula is C13H22N2OS. The Morgan fingerprint density at radius 1 is 1.53 bits per heavy atom. The van der Waals surface area contributed by atoms with Gasteiger partial charge in [0.25, 0.3) is 0 Å². The summed E-state index contributed by atoms with van der Waals surface area (Å²) in [6, 6.07) is 0. The normalized spacial score (nSPS) is 34.9. The van der Waals surface area contributed by atoms with E-state index in [0.29, 0.717) is 12.1 Å². The molecule has 1 saturated carbocycles. The number of hydrogen-bond donors (Lipinski definition) is 1. The molecule has 0 aromatic carbocycles. The predicted octanol–water partition coefficient (Wildman–Crippen LogP) is 1.83. The monoisotopic (exact) mass is 254 g/mol. The molecule has 3 aliphatic rings. The number of nitrogens with zero attached hydrogens (tertiary/aromatic N) is 1. The van der Waals surface area contributed by atoms with E-state index in [1.54, 1.807) is 0 Å². The van der Waals surface area contributed by atoms with Gasteiger partial charge >= 0.3 is 0 Å². The first-order chi connectivity index (χ1) is 8.25. The maximum absolute atomic E-state index is 12.4. The maximum atomic E-state index is 12.4. The van der Waals surface area contributed by atoms with E-state index in [0.717, 1.165) is 38.1 Å². The lowest BCUT2D eigenvalue weighted by atomic mass is 10.1. The molecule has 2 heterocycles. The van der Waals surface area contributed by atoms with E-state index in [-0.39, 0.29) is 5.54 Å². The zero-order valence-corrected chi connectivity index (χ0v) is 11.4. The summed E-state index contributed by atoms with van der Waals surface area (Å²) in [6.45, 7) is 3.19. The summed E-state index contributed by atoms with van der Waals surface area (Å²) in [6.07, 6.45) is 5.98. The fourth-order valence-electron chi connectivity index (χ4n) is 3.08. The summed E-state index contributed by atoms with van der Waals surface area (Å²) in [4.78, 5) is 14.6. The minimum atomic E-state index is -0.119. The van der Waals surface area contributed by atoms with E-state index in [2.05, 4.69) is 17.1 Å². The van der Waals surface area contributed by atoms with Gasteiger partial charge in [0.1, 0.15) is 0 Å². The van der Waals surface area contributed by atoms with Crippen LogP contribution in [0.5, 0.6) is 0 Å². The van der Waals surface area contributed by atoms with Gasteiger partial charge in [0.05, 0.1) is 11.7 Å². The Hall–Kier alpha value is -0.220. The number of carbonyl (C=O) groups excluding carboxylic acids is 1. The molecule has 3 fully saturated rings. The second kappa shape index (κ2) is 4.47. The van der Waals surface area contributed by atoms with Gasteiger partial charge in [0.15, 0.2) is 0 Å². The highest BCUT2D eigenvalue weighted by atomic mass is 32.2. The van der Waals surface area contributed by atoms with E-state index >= 15 is 0 Å². The molecule has 1 N–H and O–H groups in total. The summed E-state index contributed by atoms with van der Waals surface area (Å²) < 4.78 is 0. The van der Waals surface area contributed by atoms with Crippen molar-refractivity contribution in [2.45, 2.75) is 50.7 Å². The van der Waals surface area contributed by atoms with E-state index in [1.807, 2.05) is 11.8 Å². The largest absolute Gasteiger partial charge is 0.325 e. The smallest absolute Gasteiger partial charge is 0.244 e. The van der Waals surface area contributed by atoms with E-state index in [4.69, 9.17) is 0 Å². The molecule has 3 rings (SSSR count). The van der Waals surface area contributed by atoms with Gasteiger partial charge in [-0.3, -0.25) is 10.1 Å². The summed E-state index contributed by atoms with van der Waals surface area (Å²) in [5.41, 5.74) is -0.119. The third-order valence-corrected chi connectivity index (χ3v) is 5.51. The lowest BCUT2D eigenvalue weighted by molar-refractivity contribution is -0.131. The highest BCUT2D eigenvalue weighted by Crippen LogP contribution is 2.43. The minimum absolute atomic E-state index is 0.119. The molecule has 0 aromatic rings. The highest BCUT2D eigenvalue weighted by molar-refractivity contribution is 7.99. The van der Waals surface area contributed by atoms with E-state index < -0.39 is 0 Å². The number of hydrogen-bond acceptors (Lipinski definition) is 3. The van der Waals surface area contributed by atoms with Gasteiger partial charge in [-0.2, -0.15) is 11.8 Å². The second-order valence-corrected chi connectivity index (χ2v) is 6.87. The van der Waals surface area contributed by atoms with Crippen molar-refractivity contribution in [3.8, 4) is 0 Å². The van der Waals surface area contributed by atoms with Crippen LogP contribution in [0.1, 0.15) is 39.0 Å². The number of thioether (sulfide) groups is 1. The third-order valence-electron chi connectivity index (χ3n) is 4.28. The molecule has 17 heavy (non-hydrogen) atoms. The van der Waals surface area contributed by atoms with Crippen LogP contribution in [-0.4, -0.2) is 40.6 Å². The van der Waals surface area contributed by atoms with Crippen molar-refractivity contribution in [3.05, 3.63) is 0 Å². The SMILES string of the molecule is CCCC1NC2(CC2)C(=O)N1CC1CCSC1. The average molecular weight is 254 g/mol. The molecule has 2 saturated heterocycles. The van der Waals surface area contributed by atoms with Gasteiger partial charge in [-0.1, -0.05) is 13.3 Å². The number of carbonyl (C=O) groups is 1. The Morgan fingerprint density at radius 3 is 2.94 bits per heavy atom. The first kappa shape index (κ1) is 11.8. The second-order valence-electron chi connectivity index (χ2n) is 5.72. The van der Waals surface area contributed by atoms with Crippen LogP contribution in [0.3, 0.4) is 0 Å².